The number of nitrogens with zero attached hydrogens (tertiary/aromatic N) is 2. The van der Waals surface area contributed by atoms with E-state index in [1.807, 2.05) is 0 Å². The third-order valence-corrected chi connectivity index (χ3v) is 7.59. The molecule has 0 saturated heterocycles. The summed E-state index contributed by atoms with van der Waals surface area (Å²) < 4.78 is 0. The topological polar surface area (TPSA) is 183 Å². The molecule has 0 radical (unpaired) electrons. The largest absolute Gasteiger partial charge is 0.507 e. The maximum absolute atomic E-state index is 13.8. The summed E-state index contributed by atoms with van der Waals surface area (Å²) in [4.78, 5) is 45.5. The minimum Gasteiger partial charge on any atom is -0.507 e. The number of carbonyl (C=O) groups is 3. The van der Waals surface area contributed by atoms with E-state index in [1.165, 1.54) is 13.2 Å². The van der Waals surface area contributed by atoms with Crippen LogP contribution in [-0.2, 0) is 25.6 Å². The second kappa shape index (κ2) is 8.43. The number of aliphatic hydroxyl groups excluding tert-OH is 2. The zero-order valence-electron chi connectivity index (χ0n) is 19.8. The Morgan fingerprint density at radius 2 is 1.91 bits per heavy atom. The number of benzene rings is 1. The molecule has 2 fully saturated rings. The van der Waals surface area contributed by atoms with E-state index >= 15 is 0 Å². The molecule has 1 amide bonds. The van der Waals surface area contributed by atoms with Crippen molar-refractivity contribution in [3.63, 3.8) is 0 Å². The van der Waals surface area contributed by atoms with E-state index in [4.69, 9.17) is 10.6 Å². The summed E-state index contributed by atoms with van der Waals surface area (Å²) in [5, 5.41) is 48.1. The molecule has 11 nitrogen and oxygen atoms in total. The summed E-state index contributed by atoms with van der Waals surface area (Å²) in [6, 6.07) is 2.03. The molecule has 0 bridgehead atoms. The number of carbonyl (C=O) groups excluding carboxylic acids is 3. The second-order valence-corrected chi connectivity index (χ2v) is 9.64. The van der Waals surface area contributed by atoms with Gasteiger partial charge in [0.2, 0.25) is 11.7 Å². The van der Waals surface area contributed by atoms with Crippen LogP contribution in [-0.4, -0.2) is 87.5 Å². The van der Waals surface area contributed by atoms with Crippen LogP contribution in [0.15, 0.2) is 22.9 Å². The third kappa shape index (κ3) is 3.37. The summed E-state index contributed by atoms with van der Waals surface area (Å²) in [6.07, 6.45) is -1.29. The van der Waals surface area contributed by atoms with Crippen molar-refractivity contribution in [1.82, 2.24) is 4.90 Å². The normalized spacial score (nSPS) is 32.8. The Labute approximate surface area is 201 Å². The quantitative estimate of drug-likeness (QED) is 0.212. The number of nitrogens with two attached hydrogens (primary N) is 1. The predicted octanol–water partition coefficient (Wildman–Crippen LogP) is -0.501. The number of oxime groups is 1. The average Bonchev–Trinajstić information content (AvgIpc) is 2.76. The number of phenolic OH excluding ortho intramolecular Hbond substituents is 1. The van der Waals surface area contributed by atoms with E-state index < -0.39 is 58.7 Å². The Kier molecular flexibility index (Phi) is 5.98. The molecule has 1 aromatic rings. The number of amides is 1. The van der Waals surface area contributed by atoms with Crippen LogP contribution in [0.5, 0.6) is 5.75 Å². The lowest BCUT2D eigenvalue weighted by Gasteiger charge is -2.53. The fraction of sp³-hybridized carbons (Fsp3) is 0.500. The van der Waals surface area contributed by atoms with Crippen molar-refractivity contribution in [3.8, 4) is 5.75 Å². The minimum absolute atomic E-state index is 0.00806. The summed E-state index contributed by atoms with van der Waals surface area (Å²) in [5.41, 5.74) is 4.12. The van der Waals surface area contributed by atoms with Gasteiger partial charge in [0.05, 0.1) is 17.4 Å². The Balaban J connectivity index is 1.94. The molecule has 6 atom stereocenters. The SMILES string of the molecule is CO/N=C(/C)c1ccc(O)c2c1C[C@H]1C[C@H]3C(N(C)C)C(O)C(C(N)=O)C(=O)[C@@]3(O)C(=O)C1=C2O. The van der Waals surface area contributed by atoms with E-state index in [1.54, 1.807) is 32.0 Å². The van der Waals surface area contributed by atoms with Crippen LogP contribution in [0.4, 0.5) is 0 Å². The van der Waals surface area contributed by atoms with Crippen molar-refractivity contribution in [3.05, 3.63) is 34.4 Å². The number of aromatic hydroxyl groups is 1. The van der Waals surface area contributed by atoms with Crippen LogP contribution in [0.1, 0.15) is 30.0 Å². The van der Waals surface area contributed by atoms with Crippen molar-refractivity contribution >= 4 is 28.9 Å². The number of Topliss-reactive ketones (excluding diaryl/α,β-unsaturated/α-hetero) is 2. The number of rotatable bonds is 4. The number of phenols is 1. The fourth-order valence-corrected chi connectivity index (χ4v) is 6.13. The summed E-state index contributed by atoms with van der Waals surface area (Å²) in [5.74, 6) is -7.72. The van der Waals surface area contributed by atoms with Crippen LogP contribution in [0.3, 0.4) is 0 Å². The zero-order chi connectivity index (χ0) is 26.0. The van der Waals surface area contributed by atoms with Crippen LogP contribution >= 0.6 is 0 Å². The number of hydrogen-bond acceptors (Lipinski definition) is 10. The molecule has 3 unspecified atom stereocenters. The predicted molar refractivity (Wildman–Crippen MR) is 123 cm³/mol. The highest BCUT2D eigenvalue weighted by Crippen LogP contribution is 2.52. The summed E-state index contributed by atoms with van der Waals surface area (Å²) in [7, 11) is 4.59. The van der Waals surface area contributed by atoms with Gasteiger partial charge in [0.15, 0.2) is 11.4 Å². The Bertz CT molecular complexity index is 1190. The van der Waals surface area contributed by atoms with Crippen LogP contribution in [0, 0.1) is 17.8 Å². The highest BCUT2D eigenvalue weighted by Gasteiger charge is 2.67. The Morgan fingerprint density at radius 3 is 2.49 bits per heavy atom. The first-order valence-electron chi connectivity index (χ1n) is 11.2. The van der Waals surface area contributed by atoms with Gasteiger partial charge >= 0.3 is 0 Å². The van der Waals surface area contributed by atoms with Gasteiger partial charge in [-0.1, -0.05) is 5.16 Å². The van der Waals surface area contributed by atoms with Gasteiger partial charge in [0.25, 0.3) is 0 Å². The molecule has 6 N–H and O–H groups in total. The first-order chi connectivity index (χ1) is 16.4. The van der Waals surface area contributed by atoms with Gasteiger partial charge in [-0.2, -0.15) is 0 Å². The van der Waals surface area contributed by atoms with Crippen LogP contribution < -0.4 is 5.73 Å². The van der Waals surface area contributed by atoms with Gasteiger partial charge in [-0.25, -0.2) is 0 Å². The molecule has 0 spiro atoms. The highest BCUT2D eigenvalue weighted by molar-refractivity contribution is 6.25. The lowest BCUT2D eigenvalue weighted by Crippen LogP contribution is -2.73. The van der Waals surface area contributed by atoms with Gasteiger partial charge < -0.3 is 35.9 Å². The first kappa shape index (κ1) is 24.8. The molecule has 1 aromatic carbocycles. The van der Waals surface area contributed by atoms with Crippen molar-refractivity contribution in [1.29, 1.82) is 0 Å². The van der Waals surface area contributed by atoms with Crippen molar-refractivity contribution in [2.24, 2.45) is 28.6 Å². The lowest BCUT2D eigenvalue weighted by atomic mass is 9.54. The summed E-state index contributed by atoms with van der Waals surface area (Å²) in [6.45, 7) is 1.69. The van der Waals surface area contributed by atoms with Crippen LogP contribution in [0.2, 0.25) is 0 Å². The van der Waals surface area contributed by atoms with Crippen LogP contribution in [0.25, 0.3) is 5.76 Å². The van der Waals surface area contributed by atoms with Gasteiger partial charge in [0.1, 0.15) is 24.5 Å². The summed E-state index contributed by atoms with van der Waals surface area (Å²) >= 11 is 0. The van der Waals surface area contributed by atoms with Gasteiger partial charge in [-0.3, -0.25) is 14.4 Å². The molecule has 0 heterocycles. The fourth-order valence-electron chi connectivity index (χ4n) is 6.13. The molecular weight excluding hydrogens is 458 g/mol. The van der Waals surface area contributed by atoms with Gasteiger partial charge in [-0.15, -0.1) is 0 Å². The van der Waals surface area contributed by atoms with E-state index in [-0.39, 0.29) is 29.7 Å². The Hall–Kier alpha value is -3.28. The molecule has 35 heavy (non-hydrogen) atoms. The smallest absolute Gasteiger partial charge is 0.230 e. The Morgan fingerprint density at radius 1 is 1.26 bits per heavy atom. The standard InChI is InChI=1S/C24H29N3O8/c1-9(26-35-4)11-5-6-14(28)16-12(11)7-10-8-13-18(27(2)3)20(30)17(23(25)33)22(32)24(13,34)21(31)15(10)19(16)29/h5-6,10,13,17-18,20,28-30,34H,7-8H2,1-4H3,(H2,25,33)/b26-9-/t10-,13-,17?,18?,20?,24-/m0/s1. The molecule has 4 rings (SSSR count). The molecule has 11 heteroatoms. The monoisotopic (exact) mass is 487 g/mol. The number of primary amides is 1. The molecule has 3 aliphatic carbocycles. The molecule has 0 aliphatic heterocycles. The minimum atomic E-state index is -2.67. The van der Waals surface area contributed by atoms with E-state index in [9.17, 15) is 34.8 Å². The van der Waals surface area contributed by atoms with E-state index in [0.29, 0.717) is 16.8 Å². The van der Waals surface area contributed by atoms with E-state index in [2.05, 4.69) is 5.16 Å². The second-order valence-electron chi connectivity index (χ2n) is 9.64. The van der Waals surface area contributed by atoms with Crippen molar-refractivity contribution < 1.29 is 39.6 Å². The maximum atomic E-state index is 13.8. The van der Waals surface area contributed by atoms with Crippen molar-refractivity contribution in [2.45, 2.75) is 37.5 Å². The number of ketones is 2. The lowest BCUT2D eigenvalue weighted by molar-refractivity contribution is -0.184. The number of aliphatic hydroxyl groups is 3. The number of fused-ring (bicyclic) bond motifs is 3. The van der Waals surface area contributed by atoms with Gasteiger partial charge in [-0.05, 0) is 57.5 Å². The molecule has 0 aromatic heterocycles. The molecule has 3 aliphatic rings. The number of likely N-dealkylation sites (N-methyl/N-ethyl adjacent to an activating group) is 1. The third-order valence-electron chi connectivity index (χ3n) is 7.59. The van der Waals surface area contributed by atoms with Crippen molar-refractivity contribution in [2.75, 3.05) is 21.2 Å². The molecule has 2 saturated carbocycles. The average molecular weight is 488 g/mol. The zero-order valence-corrected chi connectivity index (χ0v) is 19.8. The molecular formula is C24H29N3O8. The van der Waals surface area contributed by atoms with Gasteiger partial charge in [0, 0.05) is 23.1 Å². The maximum Gasteiger partial charge on any atom is 0.230 e. The van der Waals surface area contributed by atoms with E-state index in [0.717, 1.165) is 0 Å². The first-order valence-corrected chi connectivity index (χ1v) is 11.2. The molecule has 188 valence electrons. The number of hydrogen-bond donors (Lipinski definition) is 5. The highest BCUT2D eigenvalue weighted by atomic mass is 16.6.